The quantitative estimate of drug-likeness (QED) is 0.188. The van der Waals surface area contributed by atoms with Crippen LogP contribution in [0.2, 0.25) is 0 Å². The second-order valence-electron chi connectivity index (χ2n) is 9.59. The molecule has 1 N–H and O–H groups in total. The van der Waals surface area contributed by atoms with Crippen molar-refractivity contribution in [2.75, 3.05) is 6.26 Å². The van der Waals surface area contributed by atoms with Gasteiger partial charge in [0.05, 0.1) is 39.3 Å². The first-order chi connectivity index (χ1) is 17.9. The summed E-state index contributed by atoms with van der Waals surface area (Å²) < 4.78 is 30.9. The van der Waals surface area contributed by atoms with Gasteiger partial charge >= 0.3 is 5.97 Å². The minimum absolute atomic E-state index is 0.0773. The molecule has 1 saturated heterocycles. The van der Waals surface area contributed by atoms with Crippen LogP contribution in [0.15, 0.2) is 42.5 Å². The summed E-state index contributed by atoms with van der Waals surface area (Å²) in [6.07, 6.45) is 3.45. The summed E-state index contributed by atoms with van der Waals surface area (Å²) in [6, 6.07) is 5.15. The molecule has 4 atom stereocenters. The highest BCUT2D eigenvalue weighted by Gasteiger charge is 2.60. The smallest absolute Gasteiger partial charge is 0.355 e. The Labute approximate surface area is 221 Å². The number of aliphatic hydroxyl groups is 1. The van der Waals surface area contributed by atoms with Crippen LogP contribution in [0.1, 0.15) is 30.0 Å². The van der Waals surface area contributed by atoms with Crippen LogP contribution in [0, 0.1) is 22.0 Å². The minimum atomic E-state index is -3.33. The van der Waals surface area contributed by atoms with Crippen molar-refractivity contribution in [3.05, 3.63) is 68.7 Å². The van der Waals surface area contributed by atoms with Gasteiger partial charge in [-0.25, -0.2) is 18.2 Å². The second kappa shape index (κ2) is 9.29. The van der Waals surface area contributed by atoms with Crippen LogP contribution in [0.25, 0.3) is 10.4 Å². The molecule has 4 heterocycles. The molecule has 12 nitrogen and oxygen atoms in total. The van der Waals surface area contributed by atoms with E-state index in [-0.39, 0.29) is 35.6 Å². The number of fused-ring (bicyclic) bond motifs is 2. The van der Waals surface area contributed by atoms with Gasteiger partial charge in [-0.1, -0.05) is 6.92 Å². The zero-order valence-electron chi connectivity index (χ0n) is 20.6. The number of nitro benzene ring substituents is 1. The predicted molar refractivity (Wildman–Crippen MR) is 136 cm³/mol. The first-order valence-electron chi connectivity index (χ1n) is 11.7. The van der Waals surface area contributed by atoms with Crippen LogP contribution >= 0.6 is 11.3 Å². The first kappa shape index (κ1) is 26.0. The normalized spacial score (nSPS) is 21.9. The van der Waals surface area contributed by atoms with E-state index in [0.717, 1.165) is 6.26 Å². The van der Waals surface area contributed by atoms with Crippen LogP contribution in [0.3, 0.4) is 0 Å². The standard InChI is InChI=1S/C24H24N4O8S2/c1-12-18(17-8-26-11-25-16(23(26)37-17)10-38(3,34)35)21(27-20(12)19(13(2)29)22(27)30)24(31)36-9-14-4-6-15(7-5-14)28(32)33/h4-8,11-13,19-20,29H,9-10H2,1-3H3/t12-,13+,19+,20+/m0/s1. The van der Waals surface area contributed by atoms with Gasteiger partial charge in [-0.3, -0.25) is 19.3 Å². The fourth-order valence-corrected chi connectivity index (χ4v) is 7.15. The van der Waals surface area contributed by atoms with Crippen LogP contribution in [0.4, 0.5) is 5.69 Å². The van der Waals surface area contributed by atoms with E-state index in [0.29, 0.717) is 26.5 Å². The van der Waals surface area contributed by atoms with Gasteiger partial charge in [0.1, 0.15) is 23.5 Å². The van der Waals surface area contributed by atoms with E-state index in [9.17, 15) is 33.2 Å². The van der Waals surface area contributed by atoms with Gasteiger partial charge in [0.15, 0.2) is 9.84 Å². The Morgan fingerprint density at radius 3 is 2.61 bits per heavy atom. The maximum atomic E-state index is 13.4. The van der Waals surface area contributed by atoms with E-state index in [1.165, 1.54) is 53.8 Å². The highest BCUT2D eigenvalue weighted by Crippen LogP contribution is 2.51. The number of aromatic nitrogens is 2. The number of nitrogens with zero attached hydrogens (tertiary/aromatic N) is 4. The Bertz CT molecular complexity index is 1600. The van der Waals surface area contributed by atoms with Crippen LogP contribution in [-0.4, -0.2) is 63.0 Å². The molecule has 2 aliphatic rings. The van der Waals surface area contributed by atoms with Crippen molar-refractivity contribution in [1.82, 2.24) is 14.3 Å². The molecule has 0 spiro atoms. The third-order valence-electron chi connectivity index (χ3n) is 6.83. The molecular weight excluding hydrogens is 536 g/mol. The van der Waals surface area contributed by atoms with E-state index in [4.69, 9.17) is 4.74 Å². The zero-order chi connectivity index (χ0) is 27.5. The van der Waals surface area contributed by atoms with Crippen molar-refractivity contribution >= 4 is 49.1 Å². The molecular formula is C24H24N4O8S2. The molecule has 2 aliphatic heterocycles. The summed E-state index contributed by atoms with van der Waals surface area (Å²) in [5.74, 6) is -2.34. The number of β-lactam (4-membered cyclic amide) rings is 1. The summed E-state index contributed by atoms with van der Waals surface area (Å²) in [5.41, 5.74) is 1.48. The summed E-state index contributed by atoms with van der Waals surface area (Å²) in [7, 11) is -3.33. The van der Waals surface area contributed by atoms with E-state index in [1.54, 1.807) is 10.6 Å². The fraction of sp³-hybridized carbons (Fsp3) is 0.375. The molecule has 200 valence electrons. The lowest BCUT2D eigenvalue weighted by Crippen LogP contribution is -2.63. The Morgan fingerprint density at radius 2 is 2.00 bits per heavy atom. The molecule has 0 aliphatic carbocycles. The zero-order valence-corrected chi connectivity index (χ0v) is 22.2. The lowest BCUT2D eigenvalue weighted by atomic mass is 9.77. The van der Waals surface area contributed by atoms with Gasteiger partial charge in [0, 0.05) is 36.1 Å². The Kier molecular flexibility index (Phi) is 6.36. The third kappa shape index (κ3) is 4.37. The lowest BCUT2D eigenvalue weighted by Gasteiger charge is -2.46. The second-order valence-corrected chi connectivity index (χ2v) is 12.8. The summed E-state index contributed by atoms with van der Waals surface area (Å²) >= 11 is 1.26. The number of thiazole rings is 1. The number of rotatable bonds is 8. The number of carbonyl (C=O) groups excluding carboxylic acids is 2. The number of hydrogen-bond acceptors (Lipinski definition) is 10. The number of amides is 1. The van der Waals surface area contributed by atoms with E-state index >= 15 is 0 Å². The molecule has 38 heavy (non-hydrogen) atoms. The third-order valence-corrected chi connectivity index (χ3v) is 8.81. The van der Waals surface area contributed by atoms with Crippen molar-refractivity contribution in [3.63, 3.8) is 0 Å². The first-order valence-corrected chi connectivity index (χ1v) is 14.5. The molecule has 0 radical (unpaired) electrons. The molecule has 1 amide bonds. The predicted octanol–water partition coefficient (Wildman–Crippen LogP) is 2.16. The van der Waals surface area contributed by atoms with E-state index in [2.05, 4.69) is 4.98 Å². The van der Waals surface area contributed by atoms with Crippen molar-refractivity contribution in [2.45, 2.75) is 38.4 Å². The van der Waals surface area contributed by atoms with Crippen LogP contribution in [-0.2, 0) is 36.5 Å². The Balaban J connectivity index is 1.51. The average molecular weight is 561 g/mol. The largest absolute Gasteiger partial charge is 0.456 e. The number of hydrogen-bond donors (Lipinski definition) is 1. The highest BCUT2D eigenvalue weighted by molar-refractivity contribution is 7.89. The molecule has 2 aromatic heterocycles. The summed E-state index contributed by atoms with van der Waals surface area (Å²) in [5, 5.41) is 21.1. The number of benzene rings is 1. The van der Waals surface area contributed by atoms with E-state index < -0.39 is 38.8 Å². The summed E-state index contributed by atoms with van der Waals surface area (Å²) in [6.45, 7) is 3.24. The van der Waals surface area contributed by atoms with Gasteiger partial charge in [-0.2, -0.15) is 0 Å². The maximum Gasteiger partial charge on any atom is 0.355 e. The highest BCUT2D eigenvalue weighted by atomic mass is 32.2. The van der Waals surface area contributed by atoms with Gasteiger partial charge in [0.2, 0.25) is 5.91 Å². The van der Waals surface area contributed by atoms with Crippen molar-refractivity contribution in [2.24, 2.45) is 11.8 Å². The van der Waals surface area contributed by atoms with Crippen LogP contribution in [0.5, 0.6) is 0 Å². The van der Waals surface area contributed by atoms with E-state index in [1.807, 2.05) is 6.92 Å². The molecule has 0 bridgehead atoms. The van der Waals surface area contributed by atoms with Crippen molar-refractivity contribution in [3.8, 4) is 0 Å². The topological polar surface area (TPSA) is 161 Å². The number of esters is 1. The molecule has 1 fully saturated rings. The van der Waals surface area contributed by atoms with Crippen molar-refractivity contribution in [1.29, 1.82) is 0 Å². The molecule has 14 heteroatoms. The number of nitro groups is 1. The molecule has 0 saturated carbocycles. The number of non-ortho nitro benzene ring substituents is 1. The summed E-state index contributed by atoms with van der Waals surface area (Å²) in [4.78, 5) is 43.6. The van der Waals surface area contributed by atoms with Crippen molar-refractivity contribution < 1.29 is 32.8 Å². The average Bonchev–Trinajstić information content (AvgIpc) is 3.47. The minimum Gasteiger partial charge on any atom is -0.456 e. The van der Waals surface area contributed by atoms with Gasteiger partial charge in [0.25, 0.3) is 5.69 Å². The van der Waals surface area contributed by atoms with Gasteiger partial charge < -0.3 is 14.7 Å². The number of imidazole rings is 1. The molecule has 1 aromatic carbocycles. The SMILES string of the molecule is C[C@@H](O)[C@H]1C(=O)N2C(C(=O)OCc3ccc([N+](=O)[O-])cc3)=C(c3cn4cnc(CS(C)(=O)=O)c4s3)[C@H](C)[C@H]12. The monoisotopic (exact) mass is 560 g/mol. The van der Waals surface area contributed by atoms with Gasteiger partial charge in [-0.15, -0.1) is 11.3 Å². The number of aliphatic hydroxyl groups excluding tert-OH is 1. The number of carbonyl (C=O) groups is 2. The maximum absolute atomic E-state index is 13.4. The fourth-order valence-electron chi connectivity index (χ4n) is 5.14. The van der Waals surface area contributed by atoms with Gasteiger partial charge in [-0.05, 0) is 24.6 Å². The molecule has 3 aromatic rings. The van der Waals surface area contributed by atoms with Crippen LogP contribution < -0.4 is 0 Å². The Morgan fingerprint density at radius 1 is 1.32 bits per heavy atom. The number of sulfone groups is 1. The Hall–Kier alpha value is -3.62. The lowest BCUT2D eigenvalue weighted by molar-refractivity contribution is -0.384. The molecule has 0 unspecified atom stereocenters. The molecule has 5 rings (SSSR count). The number of ether oxygens (including phenoxy) is 1.